The van der Waals surface area contributed by atoms with Crippen molar-refractivity contribution in [1.82, 2.24) is 0 Å². The minimum atomic E-state index is 0.148. The third-order valence-electron chi connectivity index (χ3n) is 3.72. The number of piperidine rings is 1. The highest BCUT2D eigenvalue weighted by molar-refractivity contribution is 5.58. The van der Waals surface area contributed by atoms with Gasteiger partial charge in [0.2, 0.25) is 0 Å². The first-order chi connectivity index (χ1) is 9.70. The fourth-order valence-corrected chi connectivity index (χ4v) is 2.61. The van der Waals surface area contributed by atoms with Crippen LogP contribution in [0.1, 0.15) is 26.2 Å². The van der Waals surface area contributed by atoms with Gasteiger partial charge in [0.05, 0.1) is 11.8 Å². The molecule has 2 atom stereocenters. The zero-order valence-corrected chi connectivity index (χ0v) is 12.5. The molecular formula is C16H26N2O2. The SMILES string of the molecule is COCCC(C)Oc1ccccc1N1CCCC(N)C1. The van der Waals surface area contributed by atoms with E-state index in [2.05, 4.69) is 24.0 Å². The van der Waals surface area contributed by atoms with Crippen molar-refractivity contribution in [3.8, 4) is 5.75 Å². The van der Waals surface area contributed by atoms with E-state index in [1.54, 1.807) is 7.11 Å². The molecule has 0 spiro atoms. The Morgan fingerprint density at radius 3 is 2.95 bits per heavy atom. The number of anilines is 1. The lowest BCUT2D eigenvalue weighted by Gasteiger charge is -2.34. The summed E-state index contributed by atoms with van der Waals surface area (Å²) in [5, 5.41) is 0. The Morgan fingerprint density at radius 1 is 1.40 bits per heavy atom. The van der Waals surface area contributed by atoms with Crippen LogP contribution >= 0.6 is 0 Å². The standard InChI is InChI=1S/C16H26N2O2/c1-13(9-11-19-2)20-16-8-4-3-7-15(16)18-10-5-6-14(17)12-18/h3-4,7-8,13-14H,5-6,9-12,17H2,1-2H3. The van der Waals surface area contributed by atoms with Crippen LogP contribution in [-0.2, 0) is 4.74 Å². The molecule has 0 radical (unpaired) electrons. The Hall–Kier alpha value is -1.26. The van der Waals surface area contributed by atoms with Crippen molar-refractivity contribution in [2.75, 3.05) is 31.7 Å². The van der Waals surface area contributed by atoms with Crippen LogP contribution in [0.25, 0.3) is 0 Å². The monoisotopic (exact) mass is 278 g/mol. The van der Waals surface area contributed by atoms with Crippen molar-refractivity contribution >= 4 is 5.69 Å². The number of nitrogens with two attached hydrogens (primary N) is 1. The van der Waals surface area contributed by atoms with Crippen LogP contribution < -0.4 is 15.4 Å². The van der Waals surface area contributed by atoms with Crippen molar-refractivity contribution in [2.45, 2.75) is 38.3 Å². The lowest BCUT2D eigenvalue weighted by molar-refractivity contribution is 0.135. The number of rotatable bonds is 6. The Bertz CT molecular complexity index is 411. The molecule has 1 saturated heterocycles. The molecule has 1 heterocycles. The minimum absolute atomic E-state index is 0.148. The van der Waals surface area contributed by atoms with E-state index < -0.39 is 0 Å². The fourth-order valence-electron chi connectivity index (χ4n) is 2.61. The predicted molar refractivity (Wildman–Crippen MR) is 82.4 cm³/mol. The van der Waals surface area contributed by atoms with E-state index in [4.69, 9.17) is 15.2 Å². The molecule has 0 amide bonds. The van der Waals surface area contributed by atoms with Gasteiger partial charge in [0.1, 0.15) is 5.75 Å². The second-order valence-electron chi connectivity index (χ2n) is 5.53. The lowest BCUT2D eigenvalue weighted by atomic mass is 10.1. The molecule has 1 aliphatic rings. The van der Waals surface area contributed by atoms with Gasteiger partial charge in [-0.3, -0.25) is 0 Å². The Morgan fingerprint density at radius 2 is 2.20 bits per heavy atom. The highest BCUT2D eigenvalue weighted by Crippen LogP contribution is 2.31. The number of benzene rings is 1. The van der Waals surface area contributed by atoms with Gasteiger partial charge >= 0.3 is 0 Å². The zero-order valence-electron chi connectivity index (χ0n) is 12.5. The van der Waals surface area contributed by atoms with Crippen molar-refractivity contribution in [2.24, 2.45) is 5.73 Å². The van der Waals surface area contributed by atoms with Gasteiger partial charge < -0.3 is 20.1 Å². The van der Waals surface area contributed by atoms with E-state index in [0.29, 0.717) is 0 Å². The van der Waals surface area contributed by atoms with Gasteiger partial charge in [-0.25, -0.2) is 0 Å². The summed E-state index contributed by atoms with van der Waals surface area (Å²) in [6.07, 6.45) is 3.30. The van der Waals surface area contributed by atoms with Gasteiger partial charge in [-0.15, -0.1) is 0 Å². The molecule has 1 fully saturated rings. The molecule has 20 heavy (non-hydrogen) atoms. The van der Waals surface area contributed by atoms with Gasteiger partial charge in [-0.2, -0.15) is 0 Å². The molecule has 2 rings (SSSR count). The van der Waals surface area contributed by atoms with E-state index in [1.807, 2.05) is 12.1 Å². The molecule has 4 heteroatoms. The molecule has 1 aliphatic heterocycles. The highest BCUT2D eigenvalue weighted by Gasteiger charge is 2.20. The number of nitrogens with zero attached hydrogens (tertiary/aromatic N) is 1. The fraction of sp³-hybridized carbons (Fsp3) is 0.625. The molecule has 2 unspecified atom stereocenters. The minimum Gasteiger partial charge on any atom is -0.488 e. The summed E-state index contributed by atoms with van der Waals surface area (Å²) >= 11 is 0. The maximum Gasteiger partial charge on any atom is 0.142 e. The number of methoxy groups -OCH3 is 1. The molecular weight excluding hydrogens is 252 g/mol. The molecule has 4 nitrogen and oxygen atoms in total. The summed E-state index contributed by atoms with van der Waals surface area (Å²) in [6, 6.07) is 8.51. The van der Waals surface area contributed by atoms with Gasteiger partial charge in [0.15, 0.2) is 0 Å². The Kier molecular flexibility index (Phi) is 5.68. The zero-order chi connectivity index (χ0) is 14.4. The smallest absolute Gasteiger partial charge is 0.142 e. The van der Waals surface area contributed by atoms with Gasteiger partial charge in [-0.05, 0) is 31.9 Å². The maximum atomic E-state index is 6.08. The van der Waals surface area contributed by atoms with E-state index in [9.17, 15) is 0 Å². The van der Waals surface area contributed by atoms with Crippen molar-refractivity contribution < 1.29 is 9.47 Å². The summed E-state index contributed by atoms with van der Waals surface area (Å²) in [5.41, 5.74) is 7.24. The van der Waals surface area contributed by atoms with Crippen molar-refractivity contribution in [3.63, 3.8) is 0 Å². The lowest BCUT2D eigenvalue weighted by Crippen LogP contribution is -2.43. The van der Waals surface area contributed by atoms with Crippen LogP contribution in [0.5, 0.6) is 5.75 Å². The first-order valence-corrected chi connectivity index (χ1v) is 7.46. The van der Waals surface area contributed by atoms with Crippen LogP contribution in [0.15, 0.2) is 24.3 Å². The average molecular weight is 278 g/mol. The van der Waals surface area contributed by atoms with E-state index in [-0.39, 0.29) is 12.1 Å². The third-order valence-corrected chi connectivity index (χ3v) is 3.72. The van der Waals surface area contributed by atoms with Crippen LogP contribution in [0.4, 0.5) is 5.69 Å². The number of ether oxygens (including phenoxy) is 2. The van der Waals surface area contributed by atoms with Gasteiger partial charge in [0.25, 0.3) is 0 Å². The Balaban J connectivity index is 2.05. The second-order valence-corrected chi connectivity index (χ2v) is 5.53. The number of para-hydroxylation sites is 2. The van der Waals surface area contributed by atoms with Crippen LogP contribution in [-0.4, -0.2) is 39.0 Å². The summed E-state index contributed by atoms with van der Waals surface area (Å²) in [5.74, 6) is 0.949. The Labute approximate surface area is 121 Å². The first kappa shape index (κ1) is 15.1. The largest absolute Gasteiger partial charge is 0.488 e. The van der Waals surface area contributed by atoms with Gasteiger partial charge in [-0.1, -0.05) is 12.1 Å². The summed E-state index contributed by atoms with van der Waals surface area (Å²) in [6.45, 7) is 4.77. The number of hydrogen-bond acceptors (Lipinski definition) is 4. The van der Waals surface area contributed by atoms with Crippen LogP contribution in [0, 0.1) is 0 Å². The van der Waals surface area contributed by atoms with Crippen molar-refractivity contribution in [3.05, 3.63) is 24.3 Å². The molecule has 0 saturated carbocycles. The molecule has 0 aromatic heterocycles. The van der Waals surface area contributed by atoms with Crippen LogP contribution in [0.3, 0.4) is 0 Å². The second kappa shape index (κ2) is 7.50. The molecule has 1 aromatic rings. The number of hydrogen-bond donors (Lipinski definition) is 1. The summed E-state index contributed by atoms with van der Waals surface area (Å²) in [7, 11) is 1.72. The highest BCUT2D eigenvalue weighted by atomic mass is 16.5. The molecule has 0 aliphatic carbocycles. The van der Waals surface area contributed by atoms with Crippen LogP contribution in [0.2, 0.25) is 0 Å². The molecule has 0 bridgehead atoms. The van der Waals surface area contributed by atoms with E-state index in [0.717, 1.165) is 50.4 Å². The quantitative estimate of drug-likeness (QED) is 0.868. The normalized spacial score (nSPS) is 20.8. The van der Waals surface area contributed by atoms with E-state index >= 15 is 0 Å². The summed E-state index contributed by atoms with van der Waals surface area (Å²) in [4.78, 5) is 2.34. The third kappa shape index (κ3) is 4.12. The topological polar surface area (TPSA) is 47.7 Å². The van der Waals surface area contributed by atoms with Gasteiger partial charge in [0, 0.05) is 39.3 Å². The predicted octanol–water partition coefficient (Wildman–Crippen LogP) is 2.42. The molecule has 1 aromatic carbocycles. The summed E-state index contributed by atoms with van der Waals surface area (Å²) < 4.78 is 11.2. The first-order valence-electron chi connectivity index (χ1n) is 7.46. The van der Waals surface area contributed by atoms with E-state index in [1.165, 1.54) is 0 Å². The molecule has 2 N–H and O–H groups in total. The average Bonchev–Trinajstić information content (AvgIpc) is 2.45. The molecule has 112 valence electrons. The van der Waals surface area contributed by atoms with Crippen molar-refractivity contribution in [1.29, 1.82) is 0 Å². The maximum absolute atomic E-state index is 6.08.